The Balaban J connectivity index is 1.58. The van der Waals surface area contributed by atoms with Crippen molar-refractivity contribution >= 4 is 11.8 Å². The fourth-order valence-corrected chi connectivity index (χ4v) is 3.11. The third-order valence-corrected chi connectivity index (χ3v) is 4.71. The Labute approximate surface area is 179 Å². The standard InChI is InChI=1S/C24H21N5O2/c1-17-10-12-19(13-11-17)22-20(16-29(28-22)15-18-7-3-2-4-8-18)23(30)26-27-24(31)21-9-5-6-14-25-21/h2-14,16H,15H2,1H3,(H,26,30)(H,27,31). The molecule has 0 bridgehead atoms. The number of nitrogens with zero attached hydrogens (tertiary/aromatic N) is 3. The van der Waals surface area contributed by atoms with Gasteiger partial charge in [-0.15, -0.1) is 0 Å². The van der Waals surface area contributed by atoms with Gasteiger partial charge in [0.2, 0.25) is 0 Å². The van der Waals surface area contributed by atoms with E-state index in [1.807, 2.05) is 61.5 Å². The second-order valence-electron chi connectivity index (χ2n) is 7.06. The monoisotopic (exact) mass is 411 g/mol. The molecule has 0 aliphatic heterocycles. The second kappa shape index (κ2) is 9.04. The van der Waals surface area contributed by atoms with E-state index in [-0.39, 0.29) is 5.69 Å². The molecule has 4 aromatic rings. The zero-order valence-electron chi connectivity index (χ0n) is 16.9. The summed E-state index contributed by atoms with van der Waals surface area (Å²) in [5.74, 6) is -0.957. The number of hydrogen-bond acceptors (Lipinski definition) is 4. The Morgan fingerprint density at radius 3 is 2.29 bits per heavy atom. The smallest absolute Gasteiger partial charge is 0.267 e. The van der Waals surface area contributed by atoms with Crippen LogP contribution < -0.4 is 10.9 Å². The Morgan fingerprint density at radius 1 is 0.871 bits per heavy atom. The van der Waals surface area contributed by atoms with Gasteiger partial charge >= 0.3 is 0 Å². The van der Waals surface area contributed by atoms with Gasteiger partial charge in [0.15, 0.2) is 0 Å². The number of nitrogens with one attached hydrogen (secondary N) is 2. The Kier molecular flexibility index (Phi) is 5.84. The second-order valence-corrected chi connectivity index (χ2v) is 7.06. The molecule has 31 heavy (non-hydrogen) atoms. The highest BCUT2D eigenvalue weighted by Gasteiger charge is 2.19. The summed E-state index contributed by atoms with van der Waals surface area (Å²) in [7, 11) is 0. The van der Waals surface area contributed by atoms with Gasteiger partial charge in [-0.3, -0.25) is 30.1 Å². The molecule has 0 saturated carbocycles. The van der Waals surface area contributed by atoms with E-state index in [1.165, 1.54) is 6.20 Å². The predicted molar refractivity (Wildman–Crippen MR) is 117 cm³/mol. The maximum Gasteiger partial charge on any atom is 0.288 e. The van der Waals surface area contributed by atoms with Crippen LogP contribution in [0.2, 0.25) is 0 Å². The molecule has 2 amide bonds. The molecule has 0 aliphatic carbocycles. The highest BCUT2D eigenvalue weighted by Crippen LogP contribution is 2.23. The van der Waals surface area contributed by atoms with Gasteiger partial charge in [0.1, 0.15) is 11.4 Å². The molecule has 7 heteroatoms. The van der Waals surface area contributed by atoms with Crippen LogP contribution >= 0.6 is 0 Å². The van der Waals surface area contributed by atoms with Crippen molar-refractivity contribution in [3.8, 4) is 11.3 Å². The average molecular weight is 411 g/mol. The maximum atomic E-state index is 12.9. The number of pyridine rings is 1. The van der Waals surface area contributed by atoms with Crippen molar-refractivity contribution in [3.63, 3.8) is 0 Å². The van der Waals surface area contributed by atoms with Crippen molar-refractivity contribution in [2.75, 3.05) is 0 Å². The number of rotatable bonds is 5. The molecule has 0 fully saturated rings. The summed E-state index contributed by atoms with van der Waals surface area (Å²) >= 11 is 0. The fourth-order valence-electron chi connectivity index (χ4n) is 3.11. The van der Waals surface area contributed by atoms with E-state index in [2.05, 4.69) is 20.9 Å². The molecule has 0 unspecified atom stereocenters. The van der Waals surface area contributed by atoms with Crippen LogP contribution in [0, 0.1) is 6.92 Å². The third kappa shape index (κ3) is 4.84. The molecule has 0 atom stereocenters. The van der Waals surface area contributed by atoms with Crippen molar-refractivity contribution in [3.05, 3.63) is 108 Å². The van der Waals surface area contributed by atoms with Crippen LogP contribution in [0.25, 0.3) is 11.3 Å². The summed E-state index contributed by atoms with van der Waals surface area (Å²) in [6.07, 6.45) is 3.20. The molecule has 0 spiro atoms. The summed E-state index contributed by atoms with van der Waals surface area (Å²) in [4.78, 5) is 29.1. The van der Waals surface area contributed by atoms with Gasteiger partial charge in [-0.25, -0.2) is 0 Å². The number of amides is 2. The van der Waals surface area contributed by atoms with Gasteiger partial charge in [-0.2, -0.15) is 5.10 Å². The number of aromatic nitrogens is 3. The molecular weight excluding hydrogens is 390 g/mol. The normalized spacial score (nSPS) is 10.5. The summed E-state index contributed by atoms with van der Waals surface area (Å²) in [6.45, 7) is 2.52. The van der Waals surface area contributed by atoms with Crippen LogP contribution in [0.5, 0.6) is 0 Å². The van der Waals surface area contributed by atoms with Gasteiger partial charge in [0.05, 0.1) is 12.1 Å². The van der Waals surface area contributed by atoms with E-state index in [4.69, 9.17) is 0 Å². The van der Waals surface area contributed by atoms with Crippen molar-refractivity contribution in [1.82, 2.24) is 25.6 Å². The largest absolute Gasteiger partial charge is 0.288 e. The molecule has 2 aromatic heterocycles. The van der Waals surface area contributed by atoms with Crippen molar-refractivity contribution < 1.29 is 9.59 Å². The molecule has 0 aliphatic rings. The topological polar surface area (TPSA) is 88.9 Å². The lowest BCUT2D eigenvalue weighted by molar-refractivity contribution is 0.0844. The minimum atomic E-state index is -0.498. The van der Waals surface area contributed by atoms with Crippen LogP contribution in [0.1, 0.15) is 32.0 Å². The average Bonchev–Trinajstić information content (AvgIpc) is 3.23. The molecule has 0 saturated heterocycles. The quantitative estimate of drug-likeness (QED) is 0.493. The third-order valence-electron chi connectivity index (χ3n) is 4.71. The molecular formula is C24H21N5O2. The fraction of sp³-hybridized carbons (Fsp3) is 0.0833. The molecule has 154 valence electrons. The molecule has 7 nitrogen and oxygen atoms in total. The summed E-state index contributed by atoms with van der Waals surface area (Å²) < 4.78 is 1.72. The van der Waals surface area contributed by atoms with Gasteiger partial charge in [0, 0.05) is 18.0 Å². The molecule has 4 rings (SSSR count). The van der Waals surface area contributed by atoms with E-state index in [0.29, 0.717) is 17.8 Å². The van der Waals surface area contributed by atoms with Crippen molar-refractivity contribution in [2.45, 2.75) is 13.5 Å². The first kappa shape index (κ1) is 20.0. The zero-order valence-corrected chi connectivity index (χ0v) is 16.9. The Bertz CT molecular complexity index is 1190. The Hall–Kier alpha value is -4.26. The van der Waals surface area contributed by atoms with Gasteiger partial charge in [-0.05, 0) is 24.6 Å². The highest BCUT2D eigenvalue weighted by molar-refractivity contribution is 6.01. The number of carbonyl (C=O) groups is 2. The number of hydrogen-bond donors (Lipinski definition) is 2. The lowest BCUT2D eigenvalue weighted by Crippen LogP contribution is -2.42. The molecule has 2 heterocycles. The predicted octanol–water partition coefficient (Wildman–Crippen LogP) is 3.38. The highest BCUT2D eigenvalue weighted by atomic mass is 16.2. The van der Waals surface area contributed by atoms with E-state index in [9.17, 15) is 9.59 Å². The minimum absolute atomic E-state index is 0.210. The van der Waals surface area contributed by atoms with Crippen LogP contribution in [0.3, 0.4) is 0 Å². The van der Waals surface area contributed by atoms with Gasteiger partial charge in [-0.1, -0.05) is 66.2 Å². The lowest BCUT2D eigenvalue weighted by atomic mass is 10.1. The molecule has 0 radical (unpaired) electrons. The lowest BCUT2D eigenvalue weighted by Gasteiger charge is -2.07. The van der Waals surface area contributed by atoms with Crippen molar-refractivity contribution in [2.24, 2.45) is 0 Å². The van der Waals surface area contributed by atoms with Crippen LogP contribution in [0.15, 0.2) is 85.2 Å². The number of aryl methyl sites for hydroxylation is 1. The summed E-state index contributed by atoms with van der Waals surface area (Å²) in [6, 6.07) is 22.6. The number of hydrazine groups is 1. The number of carbonyl (C=O) groups excluding carboxylic acids is 2. The minimum Gasteiger partial charge on any atom is -0.267 e. The maximum absolute atomic E-state index is 12.9. The van der Waals surface area contributed by atoms with E-state index in [1.54, 1.807) is 29.1 Å². The first-order valence-electron chi connectivity index (χ1n) is 9.80. The van der Waals surface area contributed by atoms with Crippen LogP contribution in [0.4, 0.5) is 0 Å². The SMILES string of the molecule is Cc1ccc(-c2nn(Cc3ccccc3)cc2C(=O)NNC(=O)c2ccccn2)cc1. The van der Waals surface area contributed by atoms with Gasteiger partial charge < -0.3 is 0 Å². The van der Waals surface area contributed by atoms with E-state index in [0.717, 1.165) is 16.7 Å². The van der Waals surface area contributed by atoms with Gasteiger partial charge in [0.25, 0.3) is 11.8 Å². The number of benzene rings is 2. The van der Waals surface area contributed by atoms with Crippen molar-refractivity contribution in [1.29, 1.82) is 0 Å². The first-order valence-corrected chi connectivity index (χ1v) is 9.80. The first-order chi connectivity index (χ1) is 15.1. The molecule has 2 N–H and O–H groups in total. The van der Waals surface area contributed by atoms with E-state index >= 15 is 0 Å². The Morgan fingerprint density at radius 2 is 1.58 bits per heavy atom. The molecule has 2 aromatic carbocycles. The summed E-state index contributed by atoms with van der Waals surface area (Å²) in [5, 5.41) is 4.64. The van der Waals surface area contributed by atoms with E-state index < -0.39 is 11.8 Å². The van der Waals surface area contributed by atoms with Crippen LogP contribution in [-0.4, -0.2) is 26.6 Å². The summed E-state index contributed by atoms with van der Waals surface area (Å²) in [5.41, 5.74) is 8.98. The van der Waals surface area contributed by atoms with Crippen LogP contribution in [-0.2, 0) is 6.54 Å². The zero-order chi connectivity index (χ0) is 21.6.